The second-order valence-electron chi connectivity index (χ2n) is 9.16. The zero-order valence-corrected chi connectivity index (χ0v) is 20.7. The zero-order valence-electron chi connectivity index (χ0n) is 19.9. The molecule has 0 bridgehead atoms. The molecule has 0 unspecified atom stereocenters. The summed E-state index contributed by atoms with van der Waals surface area (Å²) in [5, 5.41) is 13.5. The minimum absolute atomic E-state index is 0.0414. The molecule has 6 rings (SSSR count). The number of thiophene rings is 1. The molecule has 0 saturated heterocycles. The van der Waals surface area contributed by atoms with Gasteiger partial charge in [0.15, 0.2) is 0 Å². The number of nitrogens with one attached hydrogen (secondary N) is 1. The fraction of sp³-hybridized carbons (Fsp3) is 0.214. The Labute approximate surface area is 208 Å². The van der Waals surface area contributed by atoms with Crippen molar-refractivity contribution in [3.8, 4) is 5.00 Å². The number of nitrogens with zero attached hydrogens (tertiary/aromatic N) is 4. The minimum atomic E-state index is -0.0414. The summed E-state index contributed by atoms with van der Waals surface area (Å²) in [6.45, 7) is 2.31. The molecule has 1 N–H and O–H groups in total. The van der Waals surface area contributed by atoms with Crippen LogP contribution < -0.4 is 5.32 Å². The number of carbonyl (C=O) groups is 1. The van der Waals surface area contributed by atoms with E-state index >= 15 is 0 Å². The van der Waals surface area contributed by atoms with Crippen LogP contribution in [-0.2, 0) is 11.3 Å². The van der Waals surface area contributed by atoms with Crippen molar-refractivity contribution in [3.63, 3.8) is 0 Å². The molecule has 7 heteroatoms. The van der Waals surface area contributed by atoms with Crippen LogP contribution in [0, 0.1) is 0 Å². The van der Waals surface area contributed by atoms with Gasteiger partial charge in [0.2, 0.25) is 0 Å². The fourth-order valence-corrected chi connectivity index (χ4v) is 5.71. The Morgan fingerprint density at radius 2 is 1.77 bits per heavy atom. The lowest BCUT2D eigenvalue weighted by Gasteiger charge is -2.09. The normalized spacial score (nSPS) is 14.1. The Bertz CT molecular complexity index is 1570. The van der Waals surface area contributed by atoms with Gasteiger partial charge in [-0.05, 0) is 56.7 Å². The van der Waals surface area contributed by atoms with E-state index in [2.05, 4.69) is 87.6 Å². The van der Waals surface area contributed by atoms with Crippen LogP contribution in [0.2, 0.25) is 0 Å². The van der Waals surface area contributed by atoms with Gasteiger partial charge in [0.05, 0.1) is 27.3 Å². The number of amides is 1. The van der Waals surface area contributed by atoms with Crippen LogP contribution >= 0.6 is 11.3 Å². The number of para-hydroxylation sites is 2. The standard InChI is InChI=1S/C28H27N5OS/c1-31(2)14-8-15-33-24-12-6-4-10-20(24)27(30-33)21-17-29-28(34)26(21)22-18-32(25-13-7-16-35-25)23-11-5-3-9-19(22)23/h3-7,9-13,16,18H,8,14-15,17H2,1-2H3,(H,29,34). The number of hydrogen-bond donors (Lipinski definition) is 1. The Morgan fingerprint density at radius 3 is 2.54 bits per heavy atom. The molecular formula is C28H27N5OS. The van der Waals surface area contributed by atoms with Crippen molar-refractivity contribution in [1.29, 1.82) is 0 Å². The van der Waals surface area contributed by atoms with Gasteiger partial charge in [-0.25, -0.2) is 0 Å². The first-order valence-corrected chi connectivity index (χ1v) is 12.8. The largest absolute Gasteiger partial charge is 0.348 e. The zero-order chi connectivity index (χ0) is 23.9. The maximum Gasteiger partial charge on any atom is 0.252 e. The molecule has 1 amide bonds. The van der Waals surface area contributed by atoms with Crippen LogP contribution in [0.1, 0.15) is 17.7 Å². The monoisotopic (exact) mass is 481 g/mol. The number of hydrogen-bond acceptors (Lipinski definition) is 4. The van der Waals surface area contributed by atoms with Gasteiger partial charge in [0.1, 0.15) is 0 Å². The van der Waals surface area contributed by atoms with E-state index in [1.807, 2.05) is 18.2 Å². The van der Waals surface area contributed by atoms with Crippen molar-refractivity contribution in [2.75, 3.05) is 27.2 Å². The van der Waals surface area contributed by atoms with Crippen molar-refractivity contribution in [2.45, 2.75) is 13.0 Å². The van der Waals surface area contributed by atoms with Gasteiger partial charge in [-0.2, -0.15) is 5.10 Å². The highest BCUT2D eigenvalue weighted by atomic mass is 32.1. The average Bonchev–Trinajstić information content (AvgIpc) is 3.64. The van der Waals surface area contributed by atoms with Gasteiger partial charge in [-0.3, -0.25) is 9.48 Å². The summed E-state index contributed by atoms with van der Waals surface area (Å²) in [7, 11) is 4.18. The molecule has 1 aliphatic rings. The van der Waals surface area contributed by atoms with Crippen molar-refractivity contribution >= 4 is 50.2 Å². The van der Waals surface area contributed by atoms with Crippen LogP contribution in [0.4, 0.5) is 0 Å². The van der Waals surface area contributed by atoms with Crippen LogP contribution in [0.5, 0.6) is 0 Å². The molecule has 3 aromatic heterocycles. The van der Waals surface area contributed by atoms with E-state index < -0.39 is 0 Å². The Hall–Kier alpha value is -3.68. The average molecular weight is 482 g/mol. The predicted octanol–water partition coefficient (Wildman–Crippen LogP) is 5.03. The topological polar surface area (TPSA) is 55.1 Å². The first-order chi connectivity index (χ1) is 17.1. The first-order valence-electron chi connectivity index (χ1n) is 11.9. The first kappa shape index (κ1) is 21.8. The lowest BCUT2D eigenvalue weighted by atomic mass is 9.98. The molecule has 5 aromatic rings. The molecule has 6 nitrogen and oxygen atoms in total. The summed E-state index contributed by atoms with van der Waals surface area (Å²) in [4.78, 5) is 15.5. The quantitative estimate of drug-likeness (QED) is 0.355. The number of rotatable bonds is 7. The number of aromatic nitrogens is 3. The van der Waals surface area contributed by atoms with E-state index in [0.29, 0.717) is 6.54 Å². The molecule has 0 spiro atoms. The summed E-state index contributed by atoms with van der Waals surface area (Å²) >= 11 is 1.69. The number of fused-ring (bicyclic) bond motifs is 2. The molecule has 35 heavy (non-hydrogen) atoms. The van der Waals surface area contributed by atoms with Crippen molar-refractivity contribution in [3.05, 3.63) is 83.5 Å². The summed E-state index contributed by atoms with van der Waals surface area (Å²) in [6.07, 6.45) is 3.11. The molecule has 0 radical (unpaired) electrons. The highest BCUT2D eigenvalue weighted by Crippen LogP contribution is 2.38. The van der Waals surface area contributed by atoms with E-state index in [0.717, 1.165) is 68.7 Å². The lowest BCUT2D eigenvalue weighted by Crippen LogP contribution is -2.17. The SMILES string of the molecule is CN(C)CCCn1nc(C2=C(c3cn(-c4cccs4)c4ccccc34)C(=O)NC2)c2ccccc21. The van der Waals surface area contributed by atoms with Crippen LogP contribution in [0.25, 0.3) is 38.0 Å². The third-order valence-electron chi connectivity index (χ3n) is 6.60. The van der Waals surface area contributed by atoms with Crippen LogP contribution in [0.15, 0.2) is 72.2 Å². The molecule has 2 aromatic carbocycles. The molecular weight excluding hydrogens is 454 g/mol. The van der Waals surface area contributed by atoms with Gasteiger partial charge in [-0.1, -0.05) is 36.4 Å². The van der Waals surface area contributed by atoms with Crippen LogP contribution in [0.3, 0.4) is 0 Å². The van der Waals surface area contributed by atoms with Gasteiger partial charge in [0, 0.05) is 41.2 Å². The van der Waals surface area contributed by atoms with E-state index in [4.69, 9.17) is 5.10 Å². The second-order valence-corrected chi connectivity index (χ2v) is 10.1. The molecule has 4 heterocycles. The highest BCUT2D eigenvalue weighted by Gasteiger charge is 2.30. The molecule has 0 atom stereocenters. The summed E-state index contributed by atoms with van der Waals surface area (Å²) in [5.74, 6) is -0.0414. The number of carbonyl (C=O) groups excluding carboxylic acids is 1. The molecule has 0 fully saturated rings. The number of benzene rings is 2. The van der Waals surface area contributed by atoms with Gasteiger partial charge >= 0.3 is 0 Å². The molecule has 1 aliphatic heterocycles. The molecule has 0 aliphatic carbocycles. The smallest absolute Gasteiger partial charge is 0.252 e. The summed E-state index contributed by atoms with van der Waals surface area (Å²) in [6, 6.07) is 20.8. The minimum Gasteiger partial charge on any atom is -0.348 e. The maximum atomic E-state index is 13.3. The summed E-state index contributed by atoms with van der Waals surface area (Å²) in [5.41, 5.74) is 5.73. The number of aryl methyl sites for hydroxylation is 1. The third kappa shape index (κ3) is 3.77. The Morgan fingerprint density at radius 1 is 1.00 bits per heavy atom. The fourth-order valence-electron chi connectivity index (χ4n) is 5.00. The van der Waals surface area contributed by atoms with Crippen molar-refractivity contribution in [1.82, 2.24) is 24.6 Å². The van der Waals surface area contributed by atoms with E-state index in [9.17, 15) is 4.79 Å². The molecule has 0 saturated carbocycles. The maximum absolute atomic E-state index is 13.3. The Kier molecular flexibility index (Phi) is 5.51. The lowest BCUT2D eigenvalue weighted by molar-refractivity contribution is -0.114. The molecule has 176 valence electrons. The van der Waals surface area contributed by atoms with Crippen LogP contribution in [-0.4, -0.2) is 52.3 Å². The van der Waals surface area contributed by atoms with Gasteiger partial charge in [-0.15, -0.1) is 11.3 Å². The van der Waals surface area contributed by atoms with E-state index in [1.54, 1.807) is 11.3 Å². The van der Waals surface area contributed by atoms with Crippen molar-refractivity contribution < 1.29 is 4.79 Å². The highest BCUT2D eigenvalue weighted by molar-refractivity contribution is 7.12. The van der Waals surface area contributed by atoms with E-state index in [1.165, 1.54) is 0 Å². The summed E-state index contributed by atoms with van der Waals surface area (Å²) < 4.78 is 4.28. The Balaban J connectivity index is 1.54. The predicted molar refractivity (Wildman–Crippen MR) is 144 cm³/mol. The third-order valence-corrected chi connectivity index (χ3v) is 7.47. The van der Waals surface area contributed by atoms with E-state index in [-0.39, 0.29) is 5.91 Å². The second kappa shape index (κ2) is 8.83. The van der Waals surface area contributed by atoms with Gasteiger partial charge < -0.3 is 14.8 Å². The van der Waals surface area contributed by atoms with Crippen molar-refractivity contribution in [2.24, 2.45) is 0 Å². The van der Waals surface area contributed by atoms with Gasteiger partial charge in [0.25, 0.3) is 5.91 Å².